The highest BCUT2D eigenvalue weighted by molar-refractivity contribution is 5.88. The molecular weight excluding hydrogens is 282 g/mol. The van der Waals surface area contributed by atoms with Crippen LogP contribution in [0.15, 0.2) is 24.4 Å². The van der Waals surface area contributed by atoms with E-state index in [9.17, 15) is 13.6 Å². The fraction of sp³-hybridized carbons (Fsp3) is 0.214. The van der Waals surface area contributed by atoms with Crippen LogP contribution >= 0.6 is 0 Å². The maximum atomic E-state index is 13.1. The summed E-state index contributed by atoms with van der Waals surface area (Å²) in [6.07, 6.45) is 1.20. The number of ether oxygens (including phenoxy) is 1. The number of carboxylic acid groups (broad SMARTS) is 1. The summed E-state index contributed by atoms with van der Waals surface area (Å²) in [4.78, 5) is 19.1. The van der Waals surface area contributed by atoms with Gasteiger partial charge in [0.1, 0.15) is 11.6 Å². The Morgan fingerprint density at radius 2 is 2.00 bits per heavy atom. The SMILES string of the molecule is CC(C)c1ncc(Oc2ccc(F)c(F)c2)c(C(=O)O)n1. The predicted molar refractivity (Wildman–Crippen MR) is 69.5 cm³/mol. The van der Waals surface area contributed by atoms with Gasteiger partial charge in [-0.05, 0) is 12.1 Å². The molecule has 0 fully saturated rings. The first-order valence-electron chi connectivity index (χ1n) is 6.11. The Morgan fingerprint density at radius 3 is 2.57 bits per heavy atom. The summed E-state index contributed by atoms with van der Waals surface area (Å²) in [6, 6.07) is 2.88. The van der Waals surface area contributed by atoms with Crippen molar-refractivity contribution in [2.75, 3.05) is 0 Å². The Bertz CT molecular complexity index is 690. The Hall–Kier alpha value is -2.57. The summed E-state index contributed by atoms with van der Waals surface area (Å²) in [5, 5.41) is 9.14. The van der Waals surface area contributed by atoms with Crippen molar-refractivity contribution in [3.63, 3.8) is 0 Å². The van der Waals surface area contributed by atoms with E-state index in [0.29, 0.717) is 5.82 Å². The molecule has 21 heavy (non-hydrogen) atoms. The number of hydrogen-bond acceptors (Lipinski definition) is 4. The van der Waals surface area contributed by atoms with Gasteiger partial charge in [0.05, 0.1) is 6.20 Å². The third-order valence-corrected chi connectivity index (χ3v) is 2.61. The van der Waals surface area contributed by atoms with Gasteiger partial charge < -0.3 is 9.84 Å². The maximum absolute atomic E-state index is 13.1. The molecule has 0 unspecified atom stereocenters. The van der Waals surface area contributed by atoms with Crippen molar-refractivity contribution in [2.45, 2.75) is 19.8 Å². The lowest BCUT2D eigenvalue weighted by atomic mass is 10.2. The monoisotopic (exact) mass is 294 g/mol. The van der Waals surface area contributed by atoms with Gasteiger partial charge in [-0.3, -0.25) is 0 Å². The molecule has 2 rings (SSSR count). The summed E-state index contributed by atoms with van der Waals surface area (Å²) in [7, 11) is 0. The molecule has 5 nitrogen and oxygen atoms in total. The summed E-state index contributed by atoms with van der Waals surface area (Å²) < 4.78 is 31.2. The number of nitrogens with zero attached hydrogens (tertiary/aromatic N) is 2. The fourth-order valence-corrected chi connectivity index (χ4v) is 1.56. The molecule has 0 radical (unpaired) electrons. The molecule has 1 aromatic carbocycles. The third kappa shape index (κ3) is 3.31. The second-order valence-electron chi connectivity index (χ2n) is 4.58. The molecule has 0 aliphatic heterocycles. The van der Waals surface area contributed by atoms with Crippen molar-refractivity contribution in [2.24, 2.45) is 0 Å². The summed E-state index contributed by atoms with van der Waals surface area (Å²) in [5.74, 6) is -3.30. The van der Waals surface area contributed by atoms with Gasteiger partial charge in [-0.2, -0.15) is 0 Å². The van der Waals surface area contributed by atoms with Gasteiger partial charge in [0.2, 0.25) is 0 Å². The number of carbonyl (C=O) groups is 1. The van der Waals surface area contributed by atoms with E-state index in [0.717, 1.165) is 12.1 Å². The van der Waals surface area contributed by atoms with Gasteiger partial charge >= 0.3 is 5.97 Å². The first-order valence-corrected chi connectivity index (χ1v) is 6.11. The molecule has 2 aromatic rings. The van der Waals surface area contributed by atoms with E-state index in [1.807, 2.05) is 13.8 Å². The Balaban J connectivity index is 2.39. The van der Waals surface area contributed by atoms with Crippen LogP contribution < -0.4 is 4.74 Å². The molecule has 110 valence electrons. The highest BCUT2D eigenvalue weighted by Gasteiger charge is 2.18. The average molecular weight is 294 g/mol. The van der Waals surface area contributed by atoms with Gasteiger partial charge in [0.25, 0.3) is 0 Å². The number of aromatic carboxylic acids is 1. The molecule has 7 heteroatoms. The highest BCUT2D eigenvalue weighted by Crippen LogP contribution is 2.26. The van der Waals surface area contributed by atoms with Crippen LogP contribution in [0.3, 0.4) is 0 Å². The van der Waals surface area contributed by atoms with E-state index in [4.69, 9.17) is 9.84 Å². The van der Waals surface area contributed by atoms with Gasteiger partial charge in [0, 0.05) is 12.0 Å². The average Bonchev–Trinajstić information content (AvgIpc) is 2.43. The van der Waals surface area contributed by atoms with Crippen LogP contribution in [0.5, 0.6) is 11.5 Å². The molecule has 0 atom stereocenters. The minimum absolute atomic E-state index is 0.0442. The van der Waals surface area contributed by atoms with E-state index < -0.39 is 17.6 Å². The Morgan fingerprint density at radius 1 is 1.29 bits per heavy atom. The second kappa shape index (κ2) is 5.82. The van der Waals surface area contributed by atoms with Crippen molar-refractivity contribution in [1.29, 1.82) is 0 Å². The standard InChI is InChI=1S/C14H12F2N2O3/c1-7(2)13-17-6-11(12(18-13)14(19)20)21-8-3-4-9(15)10(16)5-8/h3-7H,1-2H3,(H,19,20). The van der Waals surface area contributed by atoms with Crippen molar-refractivity contribution in [3.8, 4) is 11.5 Å². The van der Waals surface area contributed by atoms with Gasteiger partial charge in [-0.1, -0.05) is 13.8 Å². The summed E-state index contributed by atoms with van der Waals surface area (Å²) in [5.41, 5.74) is -0.335. The van der Waals surface area contributed by atoms with Crippen molar-refractivity contribution in [3.05, 3.63) is 47.5 Å². The van der Waals surface area contributed by atoms with E-state index in [1.165, 1.54) is 12.3 Å². The largest absolute Gasteiger partial charge is 0.476 e. The third-order valence-electron chi connectivity index (χ3n) is 2.61. The quantitative estimate of drug-likeness (QED) is 0.936. The number of halogens is 2. The zero-order valence-electron chi connectivity index (χ0n) is 11.3. The number of carboxylic acids is 1. The normalized spacial score (nSPS) is 10.7. The zero-order valence-corrected chi connectivity index (χ0v) is 11.3. The topological polar surface area (TPSA) is 72.3 Å². The molecule has 1 aromatic heterocycles. The minimum atomic E-state index is -1.29. The Kier molecular flexibility index (Phi) is 4.11. The van der Waals surface area contributed by atoms with Crippen LogP contribution in [0.25, 0.3) is 0 Å². The first kappa shape index (κ1) is 14.8. The molecule has 0 spiro atoms. The molecular formula is C14H12F2N2O3. The van der Waals surface area contributed by atoms with Gasteiger partial charge in [0.15, 0.2) is 23.1 Å². The van der Waals surface area contributed by atoms with E-state index in [-0.39, 0.29) is 23.1 Å². The van der Waals surface area contributed by atoms with Crippen LogP contribution in [-0.4, -0.2) is 21.0 Å². The van der Waals surface area contributed by atoms with Gasteiger partial charge in [-0.15, -0.1) is 0 Å². The molecule has 1 N–H and O–H groups in total. The van der Waals surface area contributed by atoms with Crippen LogP contribution in [0, 0.1) is 11.6 Å². The molecule has 0 amide bonds. The number of benzene rings is 1. The lowest BCUT2D eigenvalue weighted by Gasteiger charge is -2.10. The number of hydrogen-bond donors (Lipinski definition) is 1. The van der Waals surface area contributed by atoms with E-state index in [1.54, 1.807) is 0 Å². The molecule has 0 bridgehead atoms. The van der Waals surface area contributed by atoms with E-state index in [2.05, 4.69) is 9.97 Å². The molecule has 0 aliphatic rings. The van der Waals surface area contributed by atoms with Crippen molar-refractivity contribution in [1.82, 2.24) is 9.97 Å². The summed E-state index contributed by atoms with van der Waals surface area (Å²) in [6.45, 7) is 3.63. The second-order valence-corrected chi connectivity index (χ2v) is 4.58. The first-order chi connectivity index (χ1) is 9.88. The highest BCUT2D eigenvalue weighted by atomic mass is 19.2. The molecule has 1 heterocycles. The van der Waals surface area contributed by atoms with Crippen molar-refractivity contribution < 1.29 is 23.4 Å². The maximum Gasteiger partial charge on any atom is 0.358 e. The molecule has 0 saturated heterocycles. The predicted octanol–water partition coefficient (Wildman–Crippen LogP) is 3.37. The van der Waals surface area contributed by atoms with Crippen LogP contribution in [-0.2, 0) is 0 Å². The summed E-state index contributed by atoms with van der Waals surface area (Å²) >= 11 is 0. The minimum Gasteiger partial charge on any atom is -0.476 e. The van der Waals surface area contributed by atoms with Crippen LogP contribution in [0.1, 0.15) is 36.1 Å². The number of rotatable bonds is 4. The van der Waals surface area contributed by atoms with Gasteiger partial charge in [-0.25, -0.2) is 23.5 Å². The smallest absolute Gasteiger partial charge is 0.358 e. The van der Waals surface area contributed by atoms with Crippen LogP contribution in [0.2, 0.25) is 0 Å². The van der Waals surface area contributed by atoms with Crippen molar-refractivity contribution >= 4 is 5.97 Å². The molecule has 0 aliphatic carbocycles. The van der Waals surface area contributed by atoms with Crippen LogP contribution in [0.4, 0.5) is 8.78 Å². The number of aromatic nitrogens is 2. The zero-order chi connectivity index (χ0) is 15.6. The lowest BCUT2D eigenvalue weighted by molar-refractivity contribution is 0.0686. The van der Waals surface area contributed by atoms with E-state index >= 15 is 0 Å². The lowest BCUT2D eigenvalue weighted by Crippen LogP contribution is -2.08. The fourth-order valence-electron chi connectivity index (χ4n) is 1.56. The molecule has 0 saturated carbocycles. The Labute approximate surface area is 119 Å².